The molecule has 114 valence electrons. The number of carbonyl (C=O) groups is 1. The molecular formula is C14H13N3O5. The van der Waals surface area contributed by atoms with Gasteiger partial charge in [0.25, 0.3) is 0 Å². The maximum atomic E-state index is 11.7. The van der Waals surface area contributed by atoms with Crippen molar-refractivity contribution in [3.05, 3.63) is 57.5 Å². The minimum absolute atomic E-state index is 0.0927. The van der Waals surface area contributed by atoms with E-state index in [0.29, 0.717) is 17.0 Å². The van der Waals surface area contributed by atoms with Crippen LogP contribution in [0.25, 0.3) is 0 Å². The van der Waals surface area contributed by atoms with Gasteiger partial charge in [-0.25, -0.2) is 14.3 Å². The van der Waals surface area contributed by atoms with E-state index in [9.17, 15) is 14.9 Å². The van der Waals surface area contributed by atoms with Crippen LogP contribution in [0.4, 0.5) is 5.82 Å². The van der Waals surface area contributed by atoms with Crippen LogP contribution in [0.2, 0.25) is 0 Å². The minimum atomic E-state index is -0.772. The van der Waals surface area contributed by atoms with E-state index in [0.717, 1.165) is 0 Å². The molecule has 0 saturated carbocycles. The molecule has 1 atom stereocenters. The van der Waals surface area contributed by atoms with Crippen LogP contribution >= 0.6 is 0 Å². The highest BCUT2D eigenvalue weighted by Crippen LogP contribution is 2.31. The summed E-state index contributed by atoms with van der Waals surface area (Å²) in [7, 11) is 0. The standard InChI is InChI=1S/C14H13N3O5/c1-9-15-8-12(17(19)20)16(9)6-7-21-14-11-5-3-2-4-10(11)13(18)22-14/h2-5,8,14H,6-7H2,1H3. The van der Waals surface area contributed by atoms with Crippen molar-refractivity contribution in [2.75, 3.05) is 6.61 Å². The predicted molar refractivity (Wildman–Crippen MR) is 74.2 cm³/mol. The number of hydrogen-bond donors (Lipinski definition) is 0. The summed E-state index contributed by atoms with van der Waals surface area (Å²) in [6.45, 7) is 2.08. The molecule has 0 aliphatic carbocycles. The Kier molecular flexibility index (Phi) is 3.60. The number of hydrogen-bond acceptors (Lipinski definition) is 6. The molecule has 2 aromatic rings. The molecule has 22 heavy (non-hydrogen) atoms. The van der Waals surface area contributed by atoms with E-state index in [1.54, 1.807) is 31.2 Å². The van der Waals surface area contributed by atoms with Gasteiger partial charge in [-0.05, 0) is 11.0 Å². The van der Waals surface area contributed by atoms with Crippen molar-refractivity contribution in [1.82, 2.24) is 9.55 Å². The van der Waals surface area contributed by atoms with Gasteiger partial charge in [-0.15, -0.1) is 0 Å². The van der Waals surface area contributed by atoms with Gasteiger partial charge in [0.1, 0.15) is 12.7 Å². The van der Waals surface area contributed by atoms with E-state index >= 15 is 0 Å². The summed E-state index contributed by atoms with van der Waals surface area (Å²) in [4.78, 5) is 26.0. The van der Waals surface area contributed by atoms with Gasteiger partial charge in [-0.3, -0.25) is 0 Å². The number of carbonyl (C=O) groups excluding carboxylic acids is 1. The Labute approximate surface area is 125 Å². The topological polar surface area (TPSA) is 96.5 Å². The van der Waals surface area contributed by atoms with Crippen LogP contribution in [0.3, 0.4) is 0 Å². The minimum Gasteiger partial charge on any atom is -0.428 e. The third-order valence-electron chi connectivity index (χ3n) is 3.45. The molecule has 0 amide bonds. The SMILES string of the molecule is Cc1ncc([N+](=O)[O-])n1CCOC1OC(=O)c2ccccc21. The molecule has 1 unspecified atom stereocenters. The molecular weight excluding hydrogens is 290 g/mol. The largest absolute Gasteiger partial charge is 0.428 e. The van der Waals surface area contributed by atoms with E-state index in [1.165, 1.54) is 10.8 Å². The number of nitro groups is 1. The molecule has 1 aliphatic heterocycles. The molecule has 2 heterocycles. The fourth-order valence-electron chi connectivity index (χ4n) is 2.37. The first-order chi connectivity index (χ1) is 10.6. The number of nitrogens with zero attached hydrogens (tertiary/aromatic N) is 3. The number of fused-ring (bicyclic) bond motifs is 1. The predicted octanol–water partition coefficient (Wildman–Crippen LogP) is 1.99. The summed E-state index contributed by atoms with van der Waals surface area (Å²) < 4.78 is 12.1. The lowest BCUT2D eigenvalue weighted by molar-refractivity contribution is -0.392. The first-order valence-corrected chi connectivity index (χ1v) is 6.66. The van der Waals surface area contributed by atoms with Gasteiger partial charge in [0.05, 0.1) is 12.2 Å². The van der Waals surface area contributed by atoms with Crippen molar-refractivity contribution in [2.45, 2.75) is 19.8 Å². The summed E-state index contributed by atoms with van der Waals surface area (Å²) in [5, 5.41) is 10.9. The lowest BCUT2D eigenvalue weighted by Gasteiger charge is -2.11. The van der Waals surface area contributed by atoms with Crippen molar-refractivity contribution in [2.24, 2.45) is 0 Å². The quantitative estimate of drug-likeness (QED) is 0.476. The normalized spacial score (nSPS) is 16.4. The number of imidazole rings is 1. The van der Waals surface area contributed by atoms with Gasteiger partial charge in [0.15, 0.2) is 5.82 Å². The Balaban J connectivity index is 1.67. The summed E-state index contributed by atoms with van der Waals surface area (Å²) in [5.41, 5.74) is 1.15. The second-order valence-electron chi connectivity index (χ2n) is 4.77. The van der Waals surface area contributed by atoms with E-state index in [2.05, 4.69) is 4.98 Å². The zero-order valence-corrected chi connectivity index (χ0v) is 11.8. The first-order valence-electron chi connectivity index (χ1n) is 6.66. The van der Waals surface area contributed by atoms with Crippen LogP contribution in [-0.4, -0.2) is 27.1 Å². The van der Waals surface area contributed by atoms with Gasteiger partial charge in [-0.2, -0.15) is 0 Å². The third kappa shape index (κ3) is 2.44. The van der Waals surface area contributed by atoms with Crippen molar-refractivity contribution in [3.8, 4) is 0 Å². The summed E-state index contributed by atoms with van der Waals surface area (Å²) in [6.07, 6.45) is 0.437. The molecule has 1 aromatic carbocycles. The van der Waals surface area contributed by atoms with Crippen LogP contribution in [0.5, 0.6) is 0 Å². The highest BCUT2D eigenvalue weighted by Gasteiger charge is 2.31. The van der Waals surface area contributed by atoms with Crippen molar-refractivity contribution < 1.29 is 19.2 Å². The van der Waals surface area contributed by atoms with Gasteiger partial charge in [0, 0.05) is 12.5 Å². The zero-order valence-electron chi connectivity index (χ0n) is 11.8. The van der Waals surface area contributed by atoms with Gasteiger partial charge >= 0.3 is 11.8 Å². The molecule has 0 saturated heterocycles. The number of aromatic nitrogens is 2. The number of cyclic esters (lactones) is 1. The van der Waals surface area contributed by atoms with Crippen molar-refractivity contribution in [3.63, 3.8) is 0 Å². The van der Waals surface area contributed by atoms with E-state index in [-0.39, 0.29) is 19.0 Å². The highest BCUT2D eigenvalue weighted by molar-refractivity contribution is 5.93. The Bertz CT molecular complexity index is 740. The van der Waals surface area contributed by atoms with Crippen molar-refractivity contribution in [1.29, 1.82) is 0 Å². The summed E-state index contributed by atoms with van der Waals surface area (Å²) >= 11 is 0. The Morgan fingerprint density at radius 2 is 2.23 bits per heavy atom. The maximum absolute atomic E-state index is 11.7. The van der Waals surface area contributed by atoms with E-state index in [4.69, 9.17) is 9.47 Å². The average molecular weight is 303 g/mol. The molecule has 0 radical (unpaired) electrons. The van der Waals surface area contributed by atoms with Crippen LogP contribution in [-0.2, 0) is 16.0 Å². The average Bonchev–Trinajstić information content (AvgIpc) is 3.02. The van der Waals surface area contributed by atoms with E-state index in [1.807, 2.05) is 0 Å². The number of aryl methyl sites for hydroxylation is 1. The van der Waals surface area contributed by atoms with E-state index < -0.39 is 17.2 Å². The first kappa shape index (κ1) is 14.2. The molecule has 3 rings (SSSR count). The fourth-order valence-corrected chi connectivity index (χ4v) is 2.37. The van der Waals surface area contributed by atoms with Gasteiger partial charge < -0.3 is 19.6 Å². The van der Waals surface area contributed by atoms with Crippen LogP contribution < -0.4 is 0 Å². The molecule has 0 N–H and O–H groups in total. The number of ether oxygens (including phenoxy) is 2. The smallest absolute Gasteiger partial charge is 0.342 e. The third-order valence-corrected chi connectivity index (χ3v) is 3.45. The monoisotopic (exact) mass is 303 g/mol. The summed E-state index contributed by atoms with van der Waals surface area (Å²) in [6, 6.07) is 6.98. The van der Waals surface area contributed by atoms with Crippen LogP contribution in [0, 0.1) is 17.0 Å². The van der Waals surface area contributed by atoms with Gasteiger partial charge in [-0.1, -0.05) is 18.2 Å². The van der Waals surface area contributed by atoms with Crippen LogP contribution in [0.15, 0.2) is 30.5 Å². The Morgan fingerprint density at radius 1 is 1.45 bits per heavy atom. The number of benzene rings is 1. The lowest BCUT2D eigenvalue weighted by Crippen LogP contribution is -2.13. The molecule has 8 heteroatoms. The Hall–Kier alpha value is -2.74. The zero-order chi connectivity index (χ0) is 15.7. The summed E-state index contributed by atoms with van der Waals surface area (Å²) in [5.74, 6) is 0.00873. The second-order valence-corrected chi connectivity index (χ2v) is 4.77. The molecule has 0 spiro atoms. The fraction of sp³-hybridized carbons (Fsp3) is 0.286. The Morgan fingerprint density at radius 3 is 3.00 bits per heavy atom. The van der Waals surface area contributed by atoms with Gasteiger partial charge in [0.2, 0.25) is 6.29 Å². The molecule has 1 aromatic heterocycles. The van der Waals surface area contributed by atoms with Crippen LogP contribution in [0.1, 0.15) is 28.0 Å². The lowest BCUT2D eigenvalue weighted by atomic mass is 10.1. The number of esters is 1. The highest BCUT2D eigenvalue weighted by atomic mass is 16.7. The molecule has 0 fully saturated rings. The molecule has 0 bridgehead atoms. The van der Waals surface area contributed by atoms with Crippen molar-refractivity contribution >= 4 is 11.8 Å². The molecule has 8 nitrogen and oxygen atoms in total. The number of rotatable bonds is 5. The second kappa shape index (κ2) is 5.57. The molecule has 1 aliphatic rings. The maximum Gasteiger partial charge on any atom is 0.342 e.